The Hall–Kier alpha value is -1.56. The van der Waals surface area contributed by atoms with Crippen LogP contribution in [0, 0.1) is 0 Å². The van der Waals surface area contributed by atoms with Crippen molar-refractivity contribution in [3.8, 4) is 0 Å². The van der Waals surface area contributed by atoms with Crippen molar-refractivity contribution in [1.29, 1.82) is 0 Å². The number of halogens is 1. The van der Waals surface area contributed by atoms with Crippen molar-refractivity contribution in [1.82, 2.24) is 5.32 Å². The summed E-state index contributed by atoms with van der Waals surface area (Å²) in [5.41, 5.74) is 0.0281. The zero-order valence-corrected chi connectivity index (χ0v) is 14.5. The van der Waals surface area contributed by atoms with Crippen molar-refractivity contribution >= 4 is 28.0 Å². The number of carboxylic acids is 1. The third-order valence-corrected chi connectivity index (χ3v) is 4.41. The standard InChI is InChI=1S/C16H20BrNO4/c1-15(2,3)22-14(21)18-16(13(19)20)8-7-10-5-4-6-12(17)11(10)9-16/h4-6H,7-9H2,1-3H3,(H,18,21)(H,19,20). The summed E-state index contributed by atoms with van der Waals surface area (Å²) in [4.78, 5) is 23.8. The molecule has 120 valence electrons. The highest BCUT2D eigenvalue weighted by Gasteiger charge is 2.44. The molecule has 0 fully saturated rings. The Morgan fingerprint density at radius 3 is 2.64 bits per heavy atom. The molecule has 0 radical (unpaired) electrons. The van der Waals surface area contributed by atoms with Gasteiger partial charge in [-0.3, -0.25) is 0 Å². The van der Waals surface area contributed by atoms with Gasteiger partial charge in [-0.05, 0) is 50.8 Å². The molecule has 1 aliphatic carbocycles. The van der Waals surface area contributed by atoms with Gasteiger partial charge in [-0.25, -0.2) is 9.59 Å². The molecule has 2 rings (SSSR count). The number of aryl methyl sites for hydroxylation is 1. The summed E-state index contributed by atoms with van der Waals surface area (Å²) >= 11 is 3.46. The molecule has 1 aliphatic rings. The van der Waals surface area contributed by atoms with Gasteiger partial charge in [-0.15, -0.1) is 0 Å². The first-order valence-corrected chi connectivity index (χ1v) is 7.93. The van der Waals surface area contributed by atoms with E-state index >= 15 is 0 Å². The van der Waals surface area contributed by atoms with Gasteiger partial charge in [-0.2, -0.15) is 0 Å². The highest BCUT2D eigenvalue weighted by molar-refractivity contribution is 9.10. The zero-order chi connectivity index (χ0) is 16.5. The van der Waals surface area contributed by atoms with Gasteiger partial charge in [-0.1, -0.05) is 28.1 Å². The topological polar surface area (TPSA) is 75.6 Å². The smallest absolute Gasteiger partial charge is 0.408 e. The van der Waals surface area contributed by atoms with Crippen LogP contribution in [0.2, 0.25) is 0 Å². The zero-order valence-electron chi connectivity index (χ0n) is 12.9. The Balaban J connectivity index is 2.27. The van der Waals surface area contributed by atoms with Crippen LogP contribution in [0.25, 0.3) is 0 Å². The average Bonchev–Trinajstić information content (AvgIpc) is 2.37. The van der Waals surface area contributed by atoms with E-state index in [1.807, 2.05) is 18.2 Å². The van der Waals surface area contributed by atoms with E-state index in [-0.39, 0.29) is 6.42 Å². The molecule has 0 bridgehead atoms. The highest BCUT2D eigenvalue weighted by Crippen LogP contribution is 2.33. The molecule has 2 N–H and O–H groups in total. The van der Waals surface area contributed by atoms with E-state index in [9.17, 15) is 14.7 Å². The van der Waals surface area contributed by atoms with E-state index < -0.39 is 23.2 Å². The van der Waals surface area contributed by atoms with Crippen LogP contribution in [-0.2, 0) is 22.4 Å². The van der Waals surface area contributed by atoms with E-state index in [2.05, 4.69) is 21.2 Å². The fourth-order valence-corrected chi connectivity index (χ4v) is 3.16. The quantitative estimate of drug-likeness (QED) is 0.838. The number of carbonyl (C=O) groups is 2. The van der Waals surface area contributed by atoms with Crippen molar-refractivity contribution in [2.75, 3.05) is 0 Å². The van der Waals surface area contributed by atoms with Crippen LogP contribution in [0.1, 0.15) is 38.3 Å². The lowest BCUT2D eigenvalue weighted by molar-refractivity contribution is -0.145. The summed E-state index contributed by atoms with van der Waals surface area (Å²) in [6.07, 6.45) is 0.464. The fraction of sp³-hybridized carbons (Fsp3) is 0.500. The average molecular weight is 370 g/mol. The van der Waals surface area contributed by atoms with Crippen molar-refractivity contribution in [3.05, 3.63) is 33.8 Å². The van der Waals surface area contributed by atoms with Gasteiger partial charge in [0.05, 0.1) is 0 Å². The third kappa shape index (κ3) is 3.61. The highest BCUT2D eigenvalue weighted by atomic mass is 79.9. The second kappa shape index (κ2) is 5.91. The van der Waals surface area contributed by atoms with Crippen molar-refractivity contribution < 1.29 is 19.4 Å². The Kier molecular flexibility index (Phi) is 4.52. The minimum atomic E-state index is -1.33. The first kappa shape index (κ1) is 16.8. The second-order valence-corrected chi connectivity index (χ2v) is 7.42. The number of hydrogen-bond acceptors (Lipinski definition) is 3. The molecule has 0 heterocycles. The van der Waals surface area contributed by atoms with Crippen LogP contribution in [0.15, 0.2) is 22.7 Å². The first-order valence-electron chi connectivity index (χ1n) is 7.14. The van der Waals surface area contributed by atoms with Gasteiger partial charge < -0.3 is 15.2 Å². The molecule has 0 aliphatic heterocycles. The van der Waals surface area contributed by atoms with Gasteiger partial charge in [0, 0.05) is 10.9 Å². The maximum atomic E-state index is 12.0. The summed E-state index contributed by atoms with van der Waals surface area (Å²) in [5, 5.41) is 12.2. The lowest BCUT2D eigenvalue weighted by Gasteiger charge is -2.36. The second-order valence-electron chi connectivity index (χ2n) is 6.57. The summed E-state index contributed by atoms with van der Waals surface area (Å²) in [6, 6.07) is 5.79. The summed E-state index contributed by atoms with van der Waals surface area (Å²) in [7, 11) is 0. The minimum absolute atomic E-state index is 0.234. The number of hydrogen-bond donors (Lipinski definition) is 2. The van der Waals surface area contributed by atoms with Crippen LogP contribution in [-0.4, -0.2) is 28.3 Å². The monoisotopic (exact) mass is 369 g/mol. The maximum absolute atomic E-state index is 12.0. The molecule has 1 atom stereocenters. The first-order chi connectivity index (χ1) is 10.1. The van der Waals surface area contributed by atoms with Gasteiger partial charge in [0.2, 0.25) is 0 Å². The van der Waals surface area contributed by atoms with Crippen LogP contribution < -0.4 is 5.32 Å². The van der Waals surface area contributed by atoms with E-state index in [4.69, 9.17) is 4.74 Å². The summed E-state index contributed by atoms with van der Waals surface area (Å²) in [6.45, 7) is 5.23. The van der Waals surface area contributed by atoms with E-state index in [0.29, 0.717) is 12.8 Å². The normalized spacial score (nSPS) is 20.9. The van der Waals surface area contributed by atoms with Gasteiger partial charge in [0.1, 0.15) is 11.1 Å². The van der Waals surface area contributed by atoms with Crippen LogP contribution in [0.3, 0.4) is 0 Å². The SMILES string of the molecule is CC(C)(C)OC(=O)NC1(C(=O)O)CCc2cccc(Br)c2C1. The van der Waals surface area contributed by atoms with Gasteiger partial charge in [0.25, 0.3) is 0 Å². The molecule has 1 unspecified atom stereocenters. The minimum Gasteiger partial charge on any atom is -0.479 e. The molecule has 1 amide bonds. The molecule has 1 aromatic rings. The summed E-state index contributed by atoms with van der Waals surface area (Å²) in [5.74, 6) is -1.04. The lowest BCUT2D eigenvalue weighted by Crippen LogP contribution is -2.58. The maximum Gasteiger partial charge on any atom is 0.408 e. The molecule has 5 nitrogen and oxygen atoms in total. The third-order valence-electron chi connectivity index (χ3n) is 3.67. The lowest BCUT2D eigenvalue weighted by atomic mass is 9.78. The predicted octanol–water partition coefficient (Wildman–Crippen LogP) is 3.29. The van der Waals surface area contributed by atoms with E-state index in [1.165, 1.54) is 0 Å². The molecular weight excluding hydrogens is 350 g/mol. The predicted molar refractivity (Wildman–Crippen MR) is 85.9 cm³/mol. The summed E-state index contributed by atoms with van der Waals surface area (Å²) < 4.78 is 6.07. The molecule has 0 aromatic heterocycles. The Morgan fingerprint density at radius 2 is 2.05 bits per heavy atom. The van der Waals surface area contributed by atoms with Crippen LogP contribution in [0.4, 0.5) is 4.79 Å². The molecule has 0 spiro atoms. The molecule has 1 aromatic carbocycles. The van der Waals surface area contributed by atoms with Crippen molar-refractivity contribution in [2.24, 2.45) is 0 Å². The Labute approximate surface area is 138 Å². The number of carboxylic acid groups (broad SMARTS) is 1. The Morgan fingerprint density at radius 1 is 1.36 bits per heavy atom. The number of fused-ring (bicyclic) bond motifs is 1. The van der Waals surface area contributed by atoms with Crippen molar-refractivity contribution in [2.45, 2.75) is 51.2 Å². The largest absolute Gasteiger partial charge is 0.479 e. The van der Waals surface area contributed by atoms with Gasteiger partial charge in [0.15, 0.2) is 0 Å². The number of alkyl carbamates (subject to hydrolysis) is 1. The molecule has 6 heteroatoms. The van der Waals surface area contributed by atoms with E-state index in [1.54, 1.807) is 20.8 Å². The molecular formula is C16H20BrNO4. The molecule has 22 heavy (non-hydrogen) atoms. The van der Waals surface area contributed by atoms with Crippen LogP contribution >= 0.6 is 15.9 Å². The number of nitrogens with one attached hydrogen (secondary N) is 1. The number of benzene rings is 1. The van der Waals surface area contributed by atoms with Crippen molar-refractivity contribution in [3.63, 3.8) is 0 Å². The van der Waals surface area contributed by atoms with E-state index in [0.717, 1.165) is 15.6 Å². The van der Waals surface area contributed by atoms with Gasteiger partial charge >= 0.3 is 12.1 Å². The number of amides is 1. The van der Waals surface area contributed by atoms with Crippen LogP contribution in [0.5, 0.6) is 0 Å². The number of carbonyl (C=O) groups excluding carboxylic acids is 1. The number of aliphatic carboxylic acids is 1. The fourth-order valence-electron chi connectivity index (χ4n) is 2.62. The molecule has 0 saturated heterocycles. The Bertz CT molecular complexity index is 609. The number of ether oxygens (including phenoxy) is 1. The number of rotatable bonds is 2. The molecule has 0 saturated carbocycles.